The normalized spacial score (nSPS) is 11.1. The lowest BCUT2D eigenvalue weighted by atomic mass is 9.88. The minimum atomic E-state index is 0.0740. The fourth-order valence-electron chi connectivity index (χ4n) is 4.34. The average molecular weight is 389 g/mol. The van der Waals surface area contributed by atoms with Gasteiger partial charge in [-0.25, -0.2) is 0 Å². The summed E-state index contributed by atoms with van der Waals surface area (Å²) in [5.74, 6) is 0.403. The van der Waals surface area contributed by atoms with Gasteiger partial charge in [0.2, 0.25) is 0 Å². The molecular formula is C27H32O2. The van der Waals surface area contributed by atoms with E-state index in [2.05, 4.69) is 65.0 Å². The minimum absolute atomic E-state index is 0.0740. The summed E-state index contributed by atoms with van der Waals surface area (Å²) < 4.78 is 0. The summed E-state index contributed by atoms with van der Waals surface area (Å²) in [4.78, 5) is 0. The summed E-state index contributed by atoms with van der Waals surface area (Å²) in [5.41, 5.74) is 12.8. The highest BCUT2D eigenvalue weighted by Gasteiger charge is 2.13. The zero-order chi connectivity index (χ0) is 21.3. The summed E-state index contributed by atoms with van der Waals surface area (Å²) in [6.07, 6.45) is 1.57. The maximum atomic E-state index is 10.5. The molecule has 0 aromatic heterocycles. The Morgan fingerprint density at radius 3 is 1.45 bits per heavy atom. The van der Waals surface area contributed by atoms with Crippen molar-refractivity contribution in [2.45, 2.75) is 61.0 Å². The van der Waals surface area contributed by atoms with E-state index >= 15 is 0 Å². The van der Waals surface area contributed by atoms with E-state index < -0.39 is 0 Å². The number of aliphatic hydroxyl groups excluding tert-OH is 1. The summed E-state index contributed by atoms with van der Waals surface area (Å²) in [7, 11) is 0. The highest BCUT2D eigenvalue weighted by Crippen LogP contribution is 2.30. The molecule has 0 heterocycles. The van der Waals surface area contributed by atoms with E-state index in [0.717, 1.165) is 29.5 Å². The third-order valence-corrected chi connectivity index (χ3v) is 5.99. The molecule has 0 unspecified atom stereocenters. The van der Waals surface area contributed by atoms with E-state index in [9.17, 15) is 10.2 Å². The summed E-state index contributed by atoms with van der Waals surface area (Å²) >= 11 is 0. The molecule has 0 fully saturated rings. The lowest BCUT2D eigenvalue weighted by Crippen LogP contribution is -2.03. The molecule has 2 N–H and O–H groups in total. The molecule has 29 heavy (non-hydrogen) atoms. The highest BCUT2D eigenvalue weighted by atomic mass is 16.3. The second kappa shape index (κ2) is 8.42. The van der Waals surface area contributed by atoms with Gasteiger partial charge in [0, 0.05) is 6.42 Å². The number of aryl methyl sites for hydroxylation is 4. The number of hydrogen-bond donors (Lipinski definition) is 2. The van der Waals surface area contributed by atoms with Crippen molar-refractivity contribution in [3.63, 3.8) is 0 Å². The molecule has 3 aromatic rings. The largest absolute Gasteiger partial charge is 0.507 e. The molecule has 3 aromatic carbocycles. The van der Waals surface area contributed by atoms with E-state index in [1.54, 1.807) is 0 Å². The topological polar surface area (TPSA) is 40.5 Å². The number of phenols is 1. The van der Waals surface area contributed by atoms with Crippen molar-refractivity contribution >= 4 is 0 Å². The lowest BCUT2D eigenvalue weighted by Gasteiger charge is -2.17. The minimum Gasteiger partial charge on any atom is -0.507 e. The Bertz CT molecular complexity index is 1060. The van der Waals surface area contributed by atoms with Crippen LogP contribution in [0.1, 0.15) is 61.2 Å². The Morgan fingerprint density at radius 1 is 0.552 bits per heavy atom. The number of aromatic hydroxyl groups is 1. The second-order valence-electron chi connectivity index (χ2n) is 8.52. The van der Waals surface area contributed by atoms with Crippen LogP contribution in [0, 0.1) is 41.5 Å². The first-order valence-corrected chi connectivity index (χ1v) is 10.3. The van der Waals surface area contributed by atoms with Gasteiger partial charge in [0.1, 0.15) is 5.75 Å². The molecule has 0 bridgehead atoms. The van der Waals surface area contributed by atoms with E-state index in [4.69, 9.17) is 0 Å². The molecule has 2 nitrogen and oxygen atoms in total. The van der Waals surface area contributed by atoms with Crippen LogP contribution in [0.4, 0.5) is 0 Å². The van der Waals surface area contributed by atoms with Gasteiger partial charge in [-0.15, -0.1) is 0 Å². The number of benzene rings is 3. The van der Waals surface area contributed by atoms with Crippen LogP contribution in [-0.2, 0) is 19.4 Å². The number of phenolic OH excluding ortho intramolecular Hbond substituents is 1. The van der Waals surface area contributed by atoms with Crippen LogP contribution < -0.4 is 0 Å². The number of hydrogen-bond acceptors (Lipinski definition) is 2. The van der Waals surface area contributed by atoms with Crippen molar-refractivity contribution in [1.82, 2.24) is 0 Å². The van der Waals surface area contributed by atoms with Crippen molar-refractivity contribution in [3.8, 4) is 5.75 Å². The first-order valence-electron chi connectivity index (χ1n) is 10.3. The third-order valence-electron chi connectivity index (χ3n) is 5.99. The highest BCUT2D eigenvalue weighted by molar-refractivity contribution is 5.49. The number of aliphatic hydroxyl groups is 1. The van der Waals surface area contributed by atoms with E-state index in [-0.39, 0.29) is 6.61 Å². The summed E-state index contributed by atoms with van der Waals surface area (Å²) in [5, 5.41) is 20.2. The van der Waals surface area contributed by atoms with Crippen LogP contribution in [0.2, 0.25) is 0 Å². The molecule has 0 aliphatic rings. The maximum absolute atomic E-state index is 10.5. The molecule has 3 rings (SSSR count). The molecule has 0 saturated carbocycles. The zero-order valence-electron chi connectivity index (χ0n) is 18.5. The fraction of sp³-hybridized carbons (Fsp3) is 0.333. The molecule has 0 spiro atoms. The Morgan fingerprint density at radius 2 is 0.931 bits per heavy atom. The molecule has 0 amide bonds. The van der Waals surface area contributed by atoms with E-state index in [1.165, 1.54) is 44.5 Å². The first-order chi connectivity index (χ1) is 13.7. The Kier molecular flexibility index (Phi) is 6.14. The quantitative estimate of drug-likeness (QED) is 0.570. The molecule has 0 aliphatic carbocycles. The molecule has 152 valence electrons. The van der Waals surface area contributed by atoms with Gasteiger partial charge in [-0.2, -0.15) is 0 Å². The van der Waals surface area contributed by atoms with Gasteiger partial charge < -0.3 is 10.2 Å². The van der Waals surface area contributed by atoms with Gasteiger partial charge in [0.05, 0.1) is 6.61 Å². The molecule has 2 heteroatoms. The van der Waals surface area contributed by atoms with E-state index in [1.807, 2.05) is 13.0 Å². The lowest BCUT2D eigenvalue weighted by molar-refractivity contribution is 0.281. The van der Waals surface area contributed by atoms with Crippen molar-refractivity contribution in [1.29, 1.82) is 0 Å². The molecule has 0 atom stereocenters. The van der Waals surface area contributed by atoms with Crippen molar-refractivity contribution < 1.29 is 10.2 Å². The first kappa shape index (κ1) is 21.1. The summed E-state index contributed by atoms with van der Waals surface area (Å²) in [6.45, 7) is 12.6. The van der Waals surface area contributed by atoms with Crippen LogP contribution >= 0.6 is 0 Å². The predicted octanol–water partition coefficient (Wildman–Crippen LogP) is 5.92. The van der Waals surface area contributed by atoms with Gasteiger partial charge in [0.15, 0.2) is 0 Å². The maximum Gasteiger partial charge on any atom is 0.122 e. The van der Waals surface area contributed by atoms with Gasteiger partial charge in [-0.05, 0) is 92.5 Å². The van der Waals surface area contributed by atoms with E-state index in [0.29, 0.717) is 5.75 Å². The van der Waals surface area contributed by atoms with Gasteiger partial charge >= 0.3 is 0 Å². The summed E-state index contributed by atoms with van der Waals surface area (Å²) in [6, 6.07) is 12.9. The van der Waals surface area contributed by atoms with Crippen LogP contribution in [0.15, 0.2) is 36.4 Å². The van der Waals surface area contributed by atoms with Crippen molar-refractivity contribution in [3.05, 3.63) is 97.6 Å². The Labute approximate surface area is 174 Å². The van der Waals surface area contributed by atoms with Crippen LogP contribution in [0.25, 0.3) is 0 Å². The number of rotatable bonds is 5. The van der Waals surface area contributed by atoms with Crippen LogP contribution in [-0.4, -0.2) is 10.2 Å². The zero-order valence-corrected chi connectivity index (χ0v) is 18.5. The van der Waals surface area contributed by atoms with Crippen molar-refractivity contribution in [2.24, 2.45) is 0 Å². The Balaban J connectivity index is 2.02. The smallest absolute Gasteiger partial charge is 0.122 e. The standard InChI is InChI=1S/C27H32O2/c1-16-7-19(4)27(29)25(11-16)14-24-9-17(2)8-22(20(24)5)13-23-10-18(3)12-26(15-28)21(23)6/h7-12,28-29H,13-15H2,1-6H3. The molecule has 0 radical (unpaired) electrons. The van der Waals surface area contributed by atoms with Crippen LogP contribution in [0.3, 0.4) is 0 Å². The van der Waals surface area contributed by atoms with Gasteiger partial charge in [0.25, 0.3) is 0 Å². The second-order valence-corrected chi connectivity index (χ2v) is 8.52. The third kappa shape index (κ3) is 4.54. The van der Waals surface area contributed by atoms with Gasteiger partial charge in [-0.3, -0.25) is 0 Å². The molecular weight excluding hydrogens is 356 g/mol. The Hall–Kier alpha value is -2.58. The predicted molar refractivity (Wildman–Crippen MR) is 121 cm³/mol. The van der Waals surface area contributed by atoms with Crippen molar-refractivity contribution in [2.75, 3.05) is 0 Å². The fourth-order valence-corrected chi connectivity index (χ4v) is 4.34. The SMILES string of the molecule is Cc1cc(CO)c(C)c(Cc2cc(C)cc(Cc3cc(C)cc(C)c3O)c2C)c1. The molecule has 0 saturated heterocycles. The monoisotopic (exact) mass is 388 g/mol. The van der Waals surface area contributed by atoms with Gasteiger partial charge in [-0.1, -0.05) is 53.1 Å². The van der Waals surface area contributed by atoms with Crippen LogP contribution in [0.5, 0.6) is 5.75 Å². The molecule has 0 aliphatic heterocycles. The average Bonchev–Trinajstić information content (AvgIpc) is 2.65.